The number of carbonyl (C=O) groups is 1. The first-order valence-electron chi connectivity index (χ1n) is 9.57. The minimum Gasteiger partial charge on any atom is -0.357 e. The van der Waals surface area contributed by atoms with Crippen LogP contribution < -0.4 is 15.5 Å². The van der Waals surface area contributed by atoms with Crippen LogP contribution in [0.1, 0.15) is 22.8 Å². The van der Waals surface area contributed by atoms with Gasteiger partial charge in [0.25, 0.3) is 5.91 Å². The van der Waals surface area contributed by atoms with Crippen LogP contribution in [0.25, 0.3) is 0 Å². The normalized spacial score (nSPS) is 14.2. The number of anilines is 1. The number of nitrogens with zero attached hydrogens (tertiary/aromatic N) is 5. The van der Waals surface area contributed by atoms with Crippen LogP contribution in [0.5, 0.6) is 0 Å². The molecule has 2 N–H and O–H groups in total. The van der Waals surface area contributed by atoms with E-state index in [9.17, 15) is 4.79 Å². The van der Waals surface area contributed by atoms with Gasteiger partial charge < -0.3 is 20.4 Å². The van der Waals surface area contributed by atoms with Gasteiger partial charge in [0, 0.05) is 57.7 Å². The second-order valence-electron chi connectivity index (χ2n) is 6.47. The zero-order chi connectivity index (χ0) is 19.8. The van der Waals surface area contributed by atoms with E-state index in [0.29, 0.717) is 12.1 Å². The monoisotopic (exact) mass is 509 g/mol. The van der Waals surface area contributed by atoms with Crippen molar-refractivity contribution in [2.45, 2.75) is 13.5 Å². The number of hydrogen-bond acceptors (Lipinski definition) is 5. The Bertz CT molecular complexity index is 790. The molecule has 2 heterocycles. The molecule has 2 aromatic rings. The standard InChI is InChI=1S/C20H27N7O.HI/c1-3-22-19(25-15-16-5-7-17(8-6-16)18(28)21-2)26-11-13-27(14-12-26)20-23-9-4-10-24-20;/h4-10H,3,11-15H2,1-2H3,(H,21,28)(H,22,25);1H. The molecule has 0 radical (unpaired) electrons. The van der Waals surface area contributed by atoms with Gasteiger partial charge in [0.1, 0.15) is 0 Å². The molecule has 1 aromatic heterocycles. The number of piperazine rings is 1. The van der Waals surface area contributed by atoms with Crippen LogP contribution in [0.15, 0.2) is 47.7 Å². The molecular weight excluding hydrogens is 481 g/mol. The summed E-state index contributed by atoms with van der Waals surface area (Å²) in [6, 6.07) is 9.38. The molecule has 156 valence electrons. The summed E-state index contributed by atoms with van der Waals surface area (Å²) >= 11 is 0. The number of hydrogen-bond donors (Lipinski definition) is 2. The first-order valence-corrected chi connectivity index (χ1v) is 9.57. The van der Waals surface area contributed by atoms with E-state index in [1.54, 1.807) is 19.4 Å². The zero-order valence-electron chi connectivity index (χ0n) is 16.8. The van der Waals surface area contributed by atoms with E-state index in [1.165, 1.54) is 0 Å². The Hall–Kier alpha value is -2.43. The number of aromatic nitrogens is 2. The summed E-state index contributed by atoms with van der Waals surface area (Å²) in [5.41, 5.74) is 1.72. The van der Waals surface area contributed by atoms with Crippen molar-refractivity contribution in [2.24, 2.45) is 4.99 Å². The number of amides is 1. The second kappa shape index (κ2) is 11.5. The highest BCUT2D eigenvalue weighted by molar-refractivity contribution is 14.0. The number of nitrogens with one attached hydrogen (secondary N) is 2. The summed E-state index contributed by atoms with van der Waals surface area (Å²) in [4.78, 5) is 29.5. The van der Waals surface area contributed by atoms with E-state index in [2.05, 4.69) is 37.3 Å². The van der Waals surface area contributed by atoms with Crippen molar-refractivity contribution >= 4 is 41.8 Å². The fourth-order valence-electron chi connectivity index (χ4n) is 3.07. The largest absolute Gasteiger partial charge is 0.357 e. The topological polar surface area (TPSA) is 85.8 Å². The van der Waals surface area contributed by atoms with Crippen molar-refractivity contribution in [2.75, 3.05) is 44.7 Å². The SMILES string of the molecule is CCNC(=NCc1ccc(C(=O)NC)cc1)N1CCN(c2ncccn2)CC1.I. The van der Waals surface area contributed by atoms with E-state index in [0.717, 1.165) is 50.2 Å². The molecule has 1 aliphatic rings. The third kappa shape index (κ3) is 6.28. The molecule has 1 aliphatic heterocycles. The number of guanidine groups is 1. The molecule has 29 heavy (non-hydrogen) atoms. The average molecular weight is 509 g/mol. The predicted molar refractivity (Wildman–Crippen MR) is 126 cm³/mol. The van der Waals surface area contributed by atoms with Gasteiger partial charge in [-0.15, -0.1) is 24.0 Å². The highest BCUT2D eigenvalue weighted by Crippen LogP contribution is 2.11. The van der Waals surface area contributed by atoms with Crippen LogP contribution in [-0.2, 0) is 6.54 Å². The Morgan fingerprint density at radius 1 is 1.10 bits per heavy atom. The highest BCUT2D eigenvalue weighted by Gasteiger charge is 2.21. The molecule has 0 aliphatic carbocycles. The van der Waals surface area contributed by atoms with E-state index in [1.807, 2.05) is 30.3 Å². The van der Waals surface area contributed by atoms with Gasteiger partial charge in [-0.2, -0.15) is 0 Å². The first kappa shape index (κ1) is 22.9. The second-order valence-corrected chi connectivity index (χ2v) is 6.47. The van der Waals surface area contributed by atoms with Crippen LogP contribution in [0.2, 0.25) is 0 Å². The van der Waals surface area contributed by atoms with Crippen molar-refractivity contribution in [3.63, 3.8) is 0 Å². The molecule has 0 saturated carbocycles. The molecule has 0 unspecified atom stereocenters. The Labute approximate surface area is 188 Å². The van der Waals surface area contributed by atoms with Crippen LogP contribution >= 0.6 is 24.0 Å². The Kier molecular flexibility index (Phi) is 9.10. The number of rotatable bonds is 5. The predicted octanol–water partition coefficient (Wildman–Crippen LogP) is 1.74. The van der Waals surface area contributed by atoms with Gasteiger partial charge in [-0.1, -0.05) is 12.1 Å². The van der Waals surface area contributed by atoms with E-state index in [-0.39, 0.29) is 29.9 Å². The van der Waals surface area contributed by atoms with Gasteiger partial charge in [-0.05, 0) is 30.7 Å². The van der Waals surface area contributed by atoms with Crippen LogP contribution in [-0.4, -0.2) is 66.5 Å². The summed E-state index contributed by atoms with van der Waals surface area (Å²) in [6.45, 7) is 6.89. The fraction of sp³-hybridized carbons (Fsp3) is 0.400. The minimum absolute atomic E-state index is 0. The summed E-state index contributed by atoms with van der Waals surface area (Å²) < 4.78 is 0. The number of carbonyl (C=O) groups excluding carboxylic acids is 1. The third-order valence-corrected chi connectivity index (χ3v) is 4.60. The highest BCUT2D eigenvalue weighted by atomic mass is 127. The molecule has 1 amide bonds. The maximum Gasteiger partial charge on any atom is 0.251 e. The quantitative estimate of drug-likeness (QED) is 0.363. The molecule has 0 bridgehead atoms. The minimum atomic E-state index is -0.0799. The lowest BCUT2D eigenvalue weighted by Crippen LogP contribution is -2.52. The van der Waals surface area contributed by atoms with E-state index < -0.39 is 0 Å². The lowest BCUT2D eigenvalue weighted by molar-refractivity contribution is 0.0963. The molecule has 0 spiro atoms. The summed E-state index contributed by atoms with van der Waals surface area (Å²) in [7, 11) is 1.63. The Morgan fingerprint density at radius 3 is 2.34 bits per heavy atom. The van der Waals surface area contributed by atoms with Gasteiger partial charge in [0.15, 0.2) is 5.96 Å². The van der Waals surface area contributed by atoms with Crippen molar-refractivity contribution in [1.82, 2.24) is 25.5 Å². The van der Waals surface area contributed by atoms with Crippen LogP contribution in [0.4, 0.5) is 5.95 Å². The van der Waals surface area contributed by atoms with Gasteiger partial charge in [-0.25, -0.2) is 15.0 Å². The lowest BCUT2D eigenvalue weighted by Gasteiger charge is -2.36. The first-order chi connectivity index (χ1) is 13.7. The van der Waals surface area contributed by atoms with Gasteiger partial charge >= 0.3 is 0 Å². The maximum absolute atomic E-state index is 11.6. The van der Waals surface area contributed by atoms with Crippen molar-refractivity contribution in [3.05, 3.63) is 53.9 Å². The number of halogens is 1. The molecule has 1 aromatic carbocycles. The van der Waals surface area contributed by atoms with Crippen LogP contribution in [0.3, 0.4) is 0 Å². The average Bonchev–Trinajstić information content (AvgIpc) is 2.77. The molecule has 3 rings (SSSR count). The fourth-order valence-corrected chi connectivity index (χ4v) is 3.07. The number of benzene rings is 1. The van der Waals surface area contributed by atoms with Crippen molar-refractivity contribution in [3.8, 4) is 0 Å². The Balaban J connectivity index is 0.00000300. The summed E-state index contributed by atoms with van der Waals surface area (Å²) in [5, 5.41) is 6.01. The zero-order valence-corrected chi connectivity index (χ0v) is 19.2. The maximum atomic E-state index is 11.6. The van der Waals surface area contributed by atoms with Crippen molar-refractivity contribution < 1.29 is 4.79 Å². The third-order valence-electron chi connectivity index (χ3n) is 4.60. The van der Waals surface area contributed by atoms with Crippen molar-refractivity contribution in [1.29, 1.82) is 0 Å². The number of aliphatic imine (C=N–C) groups is 1. The molecule has 8 nitrogen and oxygen atoms in total. The molecule has 1 saturated heterocycles. The molecule has 1 fully saturated rings. The molecule has 0 atom stereocenters. The van der Waals surface area contributed by atoms with E-state index in [4.69, 9.17) is 4.99 Å². The molecular formula is C20H28IN7O. The summed E-state index contributed by atoms with van der Waals surface area (Å²) in [5.74, 6) is 1.61. The lowest BCUT2D eigenvalue weighted by atomic mass is 10.1. The summed E-state index contributed by atoms with van der Waals surface area (Å²) in [6.07, 6.45) is 3.55. The molecule has 9 heteroatoms. The van der Waals surface area contributed by atoms with Gasteiger partial charge in [0.05, 0.1) is 6.54 Å². The smallest absolute Gasteiger partial charge is 0.251 e. The van der Waals surface area contributed by atoms with E-state index >= 15 is 0 Å². The van der Waals surface area contributed by atoms with Gasteiger partial charge in [-0.3, -0.25) is 4.79 Å². The van der Waals surface area contributed by atoms with Gasteiger partial charge in [0.2, 0.25) is 5.95 Å². The van der Waals surface area contributed by atoms with Crippen LogP contribution in [0, 0.1) is 0 Å². The Morgan fingerprint density at radius 2 is 1.76 bits per heavy atom.